The SMILES string of the molecule is c1ccc(-c2ccc(N(c3ccc(-c4ccccc4)cc3)c3ccc4c(c3)oc3c5ccc(N(c6ccccc6)c6ccccc6)cc5c5ccccc5c43)cc2)cc1. The molecule has 0 unspecified atom stereocenters. The van der Waals surface area contributed by atoms with Crippen molar-refractivity contribution in [3.63, 3.8) is 0 Å². The van der Waals surface area contributed by atoms with Gasteiger partial charge in [0.05, 0.1) is 0 Å². The molecule has 10 aromatic carbocycles. The molecule has 11 rings (SSSR count). The highest BCUT2D eigenvalue weighted by Gasteiger charge is 2.21. The van der Waals surface area contributed by atoms with Crippen molar-refractivity contribution >= 4 is 77.6 Å². The average molecular weight is 755 g/mol. The Bertz CT molecular complexity index is 3110. The molecule has 0 bridgehead atoms. The number of fused-ring (bicyclic) bond motifs is 8. The summed E-state index contributed by atoms with van der Waals surface area (Å²) in [5, 5.41) is 6.85. The lowest BCUT2D eigenvalue weighted by Crippen LogP contribution is -2.09. The fourth-order valence-corrected chi connectivity index (χ4v) is 8.63. The smallest absolute Gasteiger partial charge is 0.143 e. The first-order chi connectivity index (χ1) is 29.3. The normalized spacial score (nSPS) is 11.4. The molecule has 0 amide bonds. The first-order valence-corrected chi connectivity index (χ1v) is 20.1. The number of anilines is 6. The first kappa shape index (κ1) is 34.4. The summed E-state index contributed by atoms with van der Waals surface area (Å²) in [5.74, 6) is 0. The van der Waals surface area contributed by atoms with Gasteiger partial charge in [-0.3, -0.25) is 0 Å². The van der Waals surface area contributed by atoms with Crippen LogP contribution in [0.2, 0.25) is 0 Å². The molecule has 0 aliphatic heterocycles. The second-order valence-corrected chi connectivity index (χ2v) is 14.9. The molecule has 3 nitrogen and oxygen atoms in total. The van der Waals surface area contributed by atoms with Gasteiger partial charge >= 0.3 is 0 Å². The Morgan fingerprint density at radius 2 is 0.644 bits per heavy atom. The van der Waals surface area contributed by atoms with E-state index in [2.05, 4.69) is 240 Å². The highest BCUT2D eigenvalue weighted by Crippen LogP contribution is 2.46. The first-order valence-electron chi connectivity index (χ1n) is 20.1. The zero-order chi connectivity index (χ0) is 39.1. The van der Waals surface area contributed by atoms with Crippen LogP contribution in [-0.4, -0.2) is 0 Å². The van der Waals surface area contributed by atoms with E-state index < -0.39 is 0 Å². The van der Waals surface area contributed by atoms with Crippen molar-refractivity contribution in [2.45, 2.75) is 0 Å². The van der Waals surface area contributed by atoms with Crippen LogP contribution in [0.3, 0.4) is 0 Å². The number of hydrogen-bond acceptors (Lipinski definition) is 3. The van der Waals surface area contributed by atoms with Gasteiger partial charge in [0.1, 0.15) is 11.2 Å². The largest absolute Gasteiger partial charge is 0.455 e. The second-order valence-electron chi connectivity index (χ2n) is 14.9. The minimum atomic E-state index is 0.848. The van der Waals surface area contributed by atoms with Gasteiger partial charge in [-0.1, -0.05) is 146 Å². The molecule has 0 saturated carbocycles. The van der Waals surface area contributed by atoms with Crippen LogP contribution in [0.15, 0.2) is 235 Å². The van der Waals surface area contributed by atoms with Crippen LogP contribution < -0.4 is 9.80 Å². The molecular formula is C56H38N2O. The Kier molecular flexibility index (Phi) is 8.49. The third-order valence-corrected chi connectivity index (χ3v) is 11.4. The van der Waals surface area contributed by atoms with Crippen LogP contribution in [0.1, 0.15) is 0 Å². The number of para-hydroxylation sites is 2. The molecular weight excluding hydrogens is 717 g/mol. The topological polar surface area (TPSA) is 19.6 Å². The van der Waals surface area contributed by atoms with Crippen LogP contribution in [0.25, 0.3) is 65.7 Å². The fraction of sp³-hybridized carbons (Fsp3) is 0. The van der Waals surface area contributed by atoms with E-state index in [0.717, 1.165) is 66.8 Å². The van der Waals surface area contributed by atoms with Crippen molar-refractivity contribution < 1.29 is 4.42 Å². The van der Waals surface area contributed by atoms with Crippen LogP contribution >= 0.6 is 0 Å². The fourth-order valence-electron chi connectivity index (χ4n) is 8.63. The van der Waals surface area contributed by atoms with Gasteiger partial charge in [-0.2, -0.15) is 0 Å². The highest BCUT2D eigenvalue weighted by molar-refractivity contribution is 6.30. The summed E-state index contributed by atoms with van der Waals surface area (Å²) < 4.78 is 7.02. The maximum Gasteiger partial charge on any atom is 0.143 e. The molecule has 0 fully saturated rings. The Morgan fingerprint density at radius 3 is 1.17 bits per heavy atom. The Balaban J connectivity index is 1.07. The average Bonchev–Trinajstić information content (AvgIpc) is 3.70. The van der Waals surface area contributed by atoms with Gasteiger partial charge < -0.3 is 14.2 Å². The molecule has 3 heteroatoms. The summed E-state index contributed by atoms with van der Waals surface area (Å²) in [7, 11) is 0. The molecule has 11 aromatic rings. The summed E-state index contributed by atoms with van der Waals surface area (Å²) in [6.45, 7) is 0. The Labute approximate surface area is 343 Å². The quantitative estimate of drug-likeness (QED) is 0.144. The van der Waals surface area contributed by atoms with Crippen molar-refractivity contribution in [3.05, 3.63) is 231 Å². The Morgan fingerprint density at radius 1 is 0.254 bits per heavy atom. The molecule has 0 atom stereocenters. The highest BCUT2D eigenvalue weighted by atomic mass is 16.3. The van der Waals surface area contributed by atoms with Gasteiger partial charge in [-0.15, -0.1) is 0 Å². The maximum absolute atomic E-state index is 7.02. The van der Waals surface area contributed by atoms with E-state index in [1.54, 1.807) is 0 Å². The van der Waals surface area contributed by atoms with Crippen molar-refractivity contribution in [1.29, 1.82) is 0 Å². The Hall–Kier alpha value is -7.88. The molecule has 0 aliphatic carbocycles. The van der Waals surface area contributed by atoms with Gasteiger partial charge in [0.2, 0.25) is 0 Å². The summed E-state index contributed by atoms with van der Waals surface area (Å²) >= 11 is 0. The standard InChI is InChI=1S/C56H38N2O/c1-5-15-39(16-6-1)41-25-29-45(30-26-41)58(46-31-27-42(28-32-46)40-17-7-2-8-18-40)48-34-36-52-54(38-48)59-56-51-35-33-47(37-53(51)49-23-13-14-24-50(49)55(52)56)57(43-19-9-3-10-20-43)44-21-11-4-12-22-44/h1-38H. The van der Waals surface area contributed by atoms with Gasteiger partial charge in [0.25, 0.3) is 0 Å². The third-order valence-electron chi connectivity index (χ3n) is 11.4. The van der Waals surface area contributed by atoms with E-state index in [1.165, 1.54) is 33.0 Å². The molecule has 278 valence electrons. The predicted molar refractivity (Wildman–Crippen MR) is 249 cm³/mol. The van der Waals surface area contributed by atoms with Gasteiger partial charge in [-0.25, -0.2) is 0 Å². The van der Waals surface area contributed by atoms with E-state index in [4.69, 9.17) is 4.42 Å². The zero-order valence-electron chi connectivity index (χ0n) is 32.2. The lowest BCUT2D eigenvalue weighted by molar-refractivity contribution is 0.673. The van der Waals surface area contributed by atoms with Crippen LogP contribution in [0, 0.1) is 0 Å². The molecule has 0 N–H and O–H groups in total. The van der Waals surface area contributed by atoms with Crippen molar-refractivity contribution in [3.8, 4) is 22.3 Å². The molecule has 0 spiro atoms. The van der Waals surface area contributed by atoms with E-state index in [9.17, 15) is 0 Å². The number of rotatable bonds is 8. The summed E-state index contributed by atoms with van der Waals surface area (Å²) in [6.07, 6.45) is 0. The van der Waals surface area contributed by atoms with Gasteiger partial charge in [-0.05, 0) is 117 Å². The summed E-state index contributed by atoms with van der Waals surface area (Å²) in [6, 6.07) is 82.0. The van der Waals surface area contributed by atoms with Gasteiger partial charge in [0.15, 0.2) is 0 Å². The molecule has 0 aliphatic rings. The van der Waals surface area contributed by atoms with Crippen LogP contribution in [0.4, 0.5) is 34.1 Å². The van der Waals surface area contributed by atoms with Crippen molar-refractivity contribution in [1.82, 2.24) is 0 Å². The van der Waals surface area contributed by atoms with E-state index in [0.29, 0.717) is 0 Å². The molecule has 59 heavy (non-hydrogen) atoms. The summed E-state index contributed by atoms with van der Waals surface area (Å²) in [5.41, 5.74) is 13.0. The number of benzene rings is 10. The molecule has 0 saturated heterocycles. The van der Waals surface area contributed by atoms with Crippen molar-refractivity contribution in [2.24, 2.45) is 0 Å². The molecule has 1 heterocycles. The minimum absolute atomic E-state index is 0.848. The molecule has 1 aromatic heterocycles. The number of hydrogen-bond donors (Lipinski definition) is 0. The van der Waals surface area contributed by atoms with Crippen LogP contribution in [0.5, 0.6) is 0 Å². The predicted octanol–water partition coefficient (Wildman–Crippen LogP) is 16.2. The van der Waals surface area contributed by atoms with Crippen LogP contribution in [-0.2, 0) is 0 Å². The minimum Gasteiger partial charge on any atom is -0.455 e. The van der Waals surface area contributed by atoms with E-state index in [1.807, 2.05) is 0 Å². The van der Waals surface area contributed by atoms with E-state index >= 15 is 0 Å². The third kappa shape index (κ3) is 6.17. The second kappa shape index (κ2) is 14.6. The maximum atomic E-state index is 7.02. The molecule has 0 radical (unpaired) electrons. The lowest BCUT2D eigenvalue weighted by atomic mass is 9.96. The monoisotopic (exact) mass is 754 g/mol. The number of furan rings is 1. The van der Waals surface area contributed by atoms with E-state index in [-0.39, 0.29) is 0 Å². The van der Waals surface area contributed by atoms with Crippen molar-refractivity contribution in [2.75, 3.05) is 9.80 Å². The van der Waals surface area contributed by atoms with Gasteiger partial charge in [0, 0.05) is 56.3 Å². The number of nitrogens with zero attached hydrogens (tertiary/aromatic N) is 2. The lowest BCUT2D eigenvalue weighted by Gasteiger charge is -2.26. The zero-order valence-corrected chi connectivity index (χ0v) is 32.2. The summed E-state index contributed by atoms with van der Waals surface area (Å²) in [4.78, 5) is 4.64.